The maximum Gasteiger partial charge on any atom is 0.407 e. The number of ether oxygens (including phenoxy) is 5. The summed E-state index contributed by atoms with van der Waals surface area (Å²) in [4.78, 5) is 57.0. The minimum Gasteiger partial charge on any atom is -0.456 e. The molecule has 3 aliphatic carbocycles. The van der Waals surface area contributed by atoms with Crippen LogP contribution >= 0.6 is 0 Å². The van der Waals surface area contributed by atoms with Crippen molar-refractivity contribution in [2.24, 2.45) is 22.7 Å². The molecule has 17 heteroatoms. The Morgan fingerprint density at radius 2 is 1.46 bits per heavy atom. The van der Waals surface area contributed by atoms with Crippen LogP contribution in [0.3, 0.4) is 0 Å². The van der Waals surface area contributed by atoms with Crippen LogP contribution in [0.15, 0.2) is 41.5 Å². The van der Waals surface area contributed by atoms with E-state index in [1.165, 1.54) is 6.92 Å². The number of nitrogens with one attached hydrogen (secondary N) is 1. The van der Waals surface area contributed by atoms with Crippen LogP contribution in [0.4, 0.5) is 4.79 Å². The molecule has 1 heterocycles. The Labute approximate surface area is 419 Å². The van der Waals surface area contributed by atoms with Gasteiger partial charge < -0.3 is 53.2 Å². The van der Waals surface area contributed by atoms with E-state index >= 15 is 4.79 Å². The number of fused-ring (bicyclic) bond motifs is 5. The highest BCUT2D eigenvalue weighted by Crippen LogP contribution is 2.66. The number of benzene rings is 1. The van der Waals surface area contributed by atoms with Gasteiger partial charge in [0.25, 0.3) is 0 Å². The van der Waals surface area contributed by atoms with Crippen LogP contribution in [-0.4, -0.2) is 128 Å². The fourth-order valence-corrected chi connectivity index (χ4v) is 18.2. The van der Waals surface area contributed by atoms with Gasteiger partial charge in [-0.3, -0.25) is 4.79 Å². The number of amides is 1. The molecule has 1 aromatic carbocycles. The molecular weight excluding hydrogens is 931 g/mol. The molecule has 1 aliphatic heterocycles. The number of esters is 3. The lowest BCUT2D eigenvalue weighted by molar-refractivity contribution is -0.363. The van der Waals surface area contributed by atoms with Gasteiger partial charge in [0.05, 0.1) is 36.3 Å². The topological polar surface area (TPSA) is 206 Å². The number of carbonyl (C=O) groups excluding carboxylic acids is 4. The lowest BCUT2D eigenvalue weighted by Crippen LogP contribution is -2.82. The number of aliphatic hydroxyl groups excluding tert-OH is 2. The van der Waals surface area contributed by atoms with Crippen LogP contribution in [0.2, 0.25) is 36.3 Å². The number of aliphatic hydroxyl groups is 3. The fourth-order valence-electron chi connectivity index (χ4n) is 12.4. The smallest absolute Gasteiger partial charge is 0.407 e. The van der Waals surface area contributed by atoms with Crippen LogP contribution in [0.25, 0.3) is 0 Å². The van der Waals surface area contributed by atoms with Gasteiger partial charge in [-0.15, -0.1) is 0 Å². The zero-order valence-electron chi connectivity index (χ0n) is 45.1. The quantitative estimate of drug-likeness (QED) is 0.0443. The van der Waals surface area contributed by atoms with E-state index in [-0.39, 0.29) is 36.5 Å². The summed E-state index contributed by atoms with van der Waals surface area (Å²) in [6.45, 7) is 29.7. The van der Waals surface area contributed by atoms with E-state index in [4.69, 9.17) is 32.5 Å². The monoisotopic (exact) mass is 1020 g/mol. The largest absolute Gasteiger partial charge is 0.456 e. The molecule has 1 amide bonds. The Bertz CT molecular complexity index is 2030. The minimum absolute atomic E-state index is 0.00981. The highest BCUT2D eigenvalue weighted by Gasteiger charge is 2.78. The number of carbonyl (C=O) groups is 4. The van der Waals surface area contributed by atoms with Crippen LogP contribution in [0, 0.1) is 22.7 Å². The van der Waals surface area contributed by atoms with E-state index in [2.05, 4.69) is 26.1 Å². The molecule has 0 aromatic heterocycles. The predicted octanol–water partition coefficient (Wildman–Crippen LogP) is 8.78. The van der Waals surface area contributed by atoms with Gasteiger partial charge in [-0.1, -0.05) is 94.4 Å². The van der Waals surface area contributed by atoms with Gasteiger partial charge in [0.2, 0.25) is 0 Å². The van der Waals surface area contributed by atoms with Crippen molar-refractivity contribution < 1.29 is 67.0 Å². The number of alkyl carbamates (subject to hydrolysis) is 1. The van der Waals surface area contributed by atoms with Crippen molar-refractivity contribution in [2.45, 2.75) is 232 Å². The van der Waals surface area contributed by atoms with Gasteiger partial charge >= 0.3 is 24.0 Å². The summed E-state index contributed by atoms with van der Waals surface area (Å²) >= 11 is 0. The first-order valence-corrected chi connectivity index (χ1v) is 31.0. The van der Waals surface area contributed by atoms with Gasteiger partial charge in [0, 0.05) is 30.6 Å². The zero-order valence-corrected chi connectivity index (χ0v) is 47.1. The van der Waals surface area contributed by atoms with E-state index in [1.54, 1.807) is 78.8 Å². The standard InChI is InChI=1S/C53H87NO14Si2/c1-17-69(18-2,19-3)67-38-29-39-52(31-62-39,65-34(10)55)43-45(64-46(58)35-26-24-23-25-27-35)53(61)30-37(33(9)40(50(53,14)15)41(56)44(57)51(38,43)16)63-47(59)42(68-70(20-4,21-5)22-6)36(28-32(7)8)54-48(60)66-49(11,12)13/h23-27,32,36-39,41-45,56-57,61H,17-22,28-31H2,1-16H3,(H,54,60)/t36-,37-,38?,39+,41-,42?,43-,44-,45-,51+,52-,53+/m0/s1. The second-order valence-corrected chi connectivity index (χ2v) is 32.2. The average molecular weight is 1020 g/mol. The van der Waals surface area contributed by atoms with Crippen molar-refractivity contribution in [3.05, 3.63) is 47.0 Å². The van der Waals surface area contributed by atoms with Crippen LogP contribution in [-0.2, 0) is 42.1 Å². The van der Waals surface area contributed by atoms with E-state index in [1.807, 2.05) is 34.6 Å². The molecule has 1 aromatic rings. The maximum absolute atomic E-state index is 15.3. The van der Waals surface area contributed by atoms with Crippen LogP contribution in [0.1, 0.15) is 140 Å². The Balaban J connectivity index is 1.79. The van der Waals surface area contributed by atoms with Crippen LogP contribution < -0.4 is 5.32 Å². The van der Waals surface area contributed by atoms with Gasteiger partial charge in [0.1, 0.15) is 35.6 Å². The molecule has 5 rings (SSSR count). The zero-order chi connectivity index (χ0) is 52.6. The van der Waals surface area contributed by atoms with Crippen molar-refractivity contribution >= 4 is 40.6 Å². The Morgan fingerprint density at radius 1 is 0.886 bits per heavy atom. The lowest BCUT2D eigenvalue weighted by Gasteiger charge is -2.70. The maximum atomic E-state index is 15.3. The van der Waals surface area contributed by atoms with Gasteiger partial charge in [-0.25, -0.2) is 14.4 Å². The third kappa shape index (κ3) is 10.7. The van der Waals surface area contributed by atoms with Gasteiger partial charge in [0.15, 0.2) is 28.3 Å². The second kappa shape index (κ2) is 21.7. The molecule has 12 atom stereocenters. The molecule has 4 N–H and O–H groups in total. The van der Waals surface area contributed by atoms with E-state index in [0.717, 1.165) is 18.1 Å². The van der Waals surface area contributed by atoms with Crippen molar-refractivity contribution in [3.63, 3.8) is 0 Å². The first-order chi connectivity index (χ1) is 32.5. The van der Waals surface area contributed by atoms with Gasteiger partial charge in [-0.05, 0) is 99.6 Å². The molecule has 0 spiro atoms. The molecule has 396 valence electrons. The Morgan fingerprint density at radius 3 is 1.94 bits per heavy atom. The molecular formula is C53H87NO14Si2. The second-order valence-electron chi connectivity index (χ2n) is 22.8. The van der Waals surface area contributed by atoms with E-state index in [0.29, 0.717) is 30.1 Å². The number of rotatable bonds is 19. The molecule has 1 saturated heterocycles. The summed E-state index contributed by atoms with van der Waals surface area (Å²) in [5.41, 5.74) is -6.93. The van der Waals surface area contributed by atoms with Crippen LogP contribution in [0.5, 0.6) is 0 Å². The molecule has 15 nitrogen and oxygen atoms in total. The molecule has 70 heavy (non-hydrogen) atoms. The van der Waals surface area contributed by atoms with Crippen molar-refractivity contribution in [1.29, 1.82) is 0 Å². The van der Waals surface area contributed by atoms with Crippen molar-refractivity contribution in [2.75, 3.05) is 6.61 Å². The third-order valence-corrected chi connectivity index (χ3v) is 26.3. The molecule has 2 bridgehead atoms. The molecule has 2 saturated carbocycles. The molecule has 2 unspecified atom stereocenters. The highest BCUT2D eigenvalue weighted by atomic mass is 28.4. The number of hydrogen-bond acceptors (Lipinski definition) is 14. The average Bonchev–Trinajstić information content (AvgIpc) is 3.28. The predicted molar refractivity (Wildman–Crippen MR) is 271 cm³/mol. The summed E-state index contributed by atoms with van der Waals surface area (Å²) in [6.07, 6.45) is -9.77. The van der Waals surface area contributed by atoms with E-state index in [9.17, 15) is 29.7 Å². The molecule has 4 aliphatic rings. The molecule has 3 fully saturated rings. The summed E-state index contributed by atoms with van der Waals surface area (Å²) < 4.78 is 46.2. The fraction of sp³-hybridized carbons (Fsp3) is 0.774. The normalized spacial score (nSPS) is 31.7. The van der Waals surface area contributed by atoms with E-state index < -0.39 is 123 Å². The lowest BCUT2D eigenvalue weighted by atomic mass is 9.44. The first-order valence-electron chi connectivity index (χ1n) is 26.0. The summed E-state index contributed by atoms with van der Waals surface area (Å²) in [7, 11) is -5.17. The highest BCUT2D eigenvalue weighted by molar-refractivity contribution is 6.74. The summed E-state index contributed by atoms with van der Waals surface area (Å²) in [6, 6.07) is 11.8. The first kappa shape index (κ1) is 57.7. The Hall–Kier alpha value is -3.17. The van der Waals surface area contributed by atoms with Crippen molar-refractivity contribution in [3.8, 4) is 0 Å². The SMILES string of the molecule is CC[Si](CC)(CC)OC(C(=O)O[C@H]1C[C@@]2(O)[C@@H](OC(=O)c3ccccc3)[C@@H]3[C@]4(OC(C)=O)CO[C@@H]4CC(O[Si](CC)(CC)CC)[C@@]3(C)[C@@H](O)[C@@H](O)C(=C1C)C2(C)C)[C@H](CC(C)C)NC(=O)OC(C)(C)C. The molecule has 0 radical (unpaired) electrons. The van der Waals surface area contributed by atoms with Gasteiger partial charge in [-0.2, -0.15) is 0 Å². The summed E-state index contributed by atoms with van der Waals surface area (Å²) in [5, 5.41) is 43.4. The number of hydrogen-bond donors (Lipinski definition) is 4. The van der Waals surface area contributed by atoms with Crippen molar-refractivity contribution in [1.82, 2.24) is 5.32 Å². The third-order valence-electron chi connectivity index (χ3n) is 17.0. The summed E-state index contributed by atoms with van der Waals surface area (Å²) in [5.74, 6) is -3.50. The Kier molecular flexibility index (Phi) is 17.9. The minimum atomic E-state index is -2.63.